The molecule has 0 saturated heterocycles. The molecule has 0 fully saturated rings. The lowest BCUT2D eigenvalue weighted by Gasteiger charge is -2.29. The molecule has 30 heavy (non-hydrogen) atoms. The van der Waals surface area contributed by atoms with Gasteiger partial charge in [0.1, 0.15) is 0 Å². The number of ether oxygens (including phenoxy) is 3. The highest BCUT2D eigenvalue weighted by molar-refractivity contribution is 8.15. The predicted molar refractivity (Wildman–Crippen MR) is 125 cm³/mol. The molecule has 2 bridgehead atoms. The Morgan fingerprint density at radius 2 is 1.27 bits per heavy atom. The first-order valence-corrected chi connectivity index (χ1v) is 17.5. The second-order valence-corrected chi connectivity index (χ2v) is 16.9. The van der Waals surface area contributed by atoms with E-state index in [1.165, 1.54) is 0 Å². The average molecular weight is 549 g/mol. The molecule has 10 nitrogen and oxygen atoms in total. The first kappa shape index (κ1) is 27.5. The number of hydrogen-bond donors (Lipinski definition) is 2. The van der Waals surface area contributed by atoms with Crippen molar-refractivity contribution in [3.05, 3.63) is 0 Å². The lowest BCUT2D eigenvalue weighted by atomic mass is 10.2. The smallest absolute Gasteiger partial charge is 0.300 e. The Morgan fingerprint density at radius 3 is 1.90 bits per heavy atom. The number of halogens is 3. The predicted octanol–water partition coefficient (Wildman–Crippen LogP) is 5.76. The maximum atomic E-state index is 6.63. The molecule has 2 heterocycles. The summed E-state index contributed by atoms with van der Waals surface area (Å²) in [6, 6.07) is 0. The Hall–Kier alpha value is 1.28. The van der Waals surface area contributed by atoms with Crippen LogP contribution in [-0.4, -0.2) is 65.9 Å². The number of nitrogens with zero attached hydrogens (tertiary/aromatic N) is 3. The summed E-state index contributed by atoms with van der Waals surface area (Å²) < 4.78 is 41.5. The van der Waals surface area contributed by atoms with Crippen LogP contribution in [0.15, 0.2) is 13.5 Å². The standard InChI is InChI=1S/C14H31Cl3N5O5P3/c15-28(16)20-29(17)22-30(21-28,19-6-4-2-1-3-5-18)27-14-12-25-10-8-23-7-9-24-11-13-26-29/h19H,1-14,18H2. The molecule has 0 amide bonds. The van der Waals surface area contributed by atoms with Crippen LogP contribution in [0.5, 0.6) is 0 Å². The fourth-order valence-electron chi connectivity index (χ4n) is 2.52. The van der Waals surface area contributed by atoms with Crippen LogP contribution in [0, 0.1) is 0 Å². The minimum absolute atomic E-state index is 0.195. The fourth-order valence-corrected chi connectivity index (χ4v) is 15.7. The van der Waals surface area contributed by atoms with E-state index in [1.807, 2.05) is 0 Å². The van der Waals surface area contributed by atoms with Crippen molar-refractivity contribution in [1.82, 2.24) is 5.09 Å². The van der Waals surface area contributed by atoms with Crippen LogP contribution in [0.1, 0.15) is 25.7 Å². The van der Waals surface area contributed by atoms with Gasteiger partial charge < -0.3 is 29.0 Å². The first-order valence-electron chi connectivity index (χ1n) is 9.87. The zero-order chi connectivity index (χ0) is 21.8. The van der Waals surface area contributed by atoms with Crippen LogP contribution >= 0.6 is 54.0 Å². The van der Waals surface area contributed by atoms with Crippen molar-refractivity contribution in [3.8, 4) is 0 Å². The summed E-state index contributed by atoms with van der Waals surface area (Å²) in [7, 11) is -2.97. The van der Waals surface area contributed by atoms with E-state index in [0.717, 1.165) is 25.7 Å². The van der Waals surface area contributed by atoms with Crippen LogP contribution in [0.2, 0.25) is 0 Å². The number of hydrogen-bond acceptors (Lipinski definition) is 10. The van der Waals surface area contributed by atoms with Gasteiger partial charge in [-0.2, -0.15) is 13.5 Å². The Morgan fingerprint density at radius 1 is 0.700 bits per heavy atom. The van der Waals surface area contributed by atoms with E-state index in [1.54, 1.807) is 0 Å². The van der Waals surface area contributed by atoms with Crippen molar-refractivity contribution in [2.24, 2.45) is 19.3 Å². The second kappa shape index (κ2) is 14.5. The van der Waals surface area contributed by atoms with E-state index in [9.17, 15) is 0 Å². The topological polar surface area (TPSA) is 121 Å². The zero-order valence-electron chi connectivity index (χ0n) is 16.8. The maximum absolute atomic E-state index is 6.63. The van der Waals surface area contributed by atoms with Gasteiger partial charge in [0.2, 0.25) is 0 Å². The highest BCUT2D eigenvalue weighted by Gasteiger charge is 2.36. The normalized spacial score (nSPS) is 31.2. The van der Waals surface area contributed by atoms with Crippen LogP contribution < -0.4 is 10.8 Å². The molecule has 3 N–H and O–H groups in total. The van der Waals surface area contributed by atoms with E-state index >= 15 is 0 Å². The Balaban J connectivity index is 2.15. The molecule has 178 valence electrons. The molecule has 0 aromatic rings. The van der Waals surface area contributed by atoms with E-state index < -0.39 is 20.3 Å². The molecule has 2 atom stereocenters. The Bertz CT molecular complexity index is 682. The molecule has 2 unspecified atom stereocenters. The quantitative estimate of drug-likeness (QED) is 0.306. The third kappa shape index (κ3) is 10.9. The Kier molecular flexibility index (Phi) is 13.3. The molecule has 16 heteroatoms. The lowest BCUT2D eigenvalue weighted by molar-refractivity contribution is 0.00555. The number of fused-ring (bicyclic) bond motifs is 1. The summed E-state index contributed by atoms with van der Waals surface area (Å²) in [5, 5.41) is 3.30. The number of nitrogens with two attached hydrogens (primary N) is 1. The van der Waals surface area contributed by atoms with Gasteiger partial charge in [0.15, 0.2) is 0 Å². The van der Waals surface area contributed by atoms with Crippen molar-refractivity contribution >= 4 is 54.0 Å². The minimum atomic E-state index is -3.16. The molecule has 2 aliphatic rings. The largest absolute Gasteiger partial charge is 0.377 e. The molecule has 0 aromatic heterocycles. The molecule has 0 spiro atoms. The summed E-state index contributed by atoms with van der Waals surface area (Å²) in [5.41, 5.74) is 5.54. The van der Waals surface area contributed by atoms with E-state index in [-0.39, 0.29) is 13.2 Å². The fraction of sp³-hybridized carbons (Fsp3) is 1.00. The van der Waals surface area contributed by atoms with Crippen molar-refractivity contribution in [2.45, 2.75) is 25.7 Å². The van der Waals surface area contributed by atoms with E-state index in [2.05, 4.69) is 18.6 Å². The molecule has 0 radical (unpaired) electrons. The van der Waals surface area contributed by atoms with Gasteiger partial charge in [0.25, 0.3) is 13.5 Å². The monoisotopic (exact) mass is 547 g/mol. The van der Waals surface area contributed by atoms with Crippen LogP contribution in [0.3, 0.4) is 0 Å². The second-order valence-electron chi connectivity index (χ2n) is 6.36. The SMILES string of the molecule is NCCCCCCNP12=NP(Cl)(Cl)=NP(Cl)(=N1)OCCOCCOCCOCCO2. The highest BCUT2D eigenvalue weighted by Crippen LogP contribution is 2.83. The first-order chi connectivity index (χ1) is 14.4. The number of rotatable bonds is 7. The number of unbranched alkanes of at least 4 members (excludes halogenated alkanes) is 3. The summed E-state index contributed by atoms with van der Waals surface area (Å²) in [5.74, 6) is -3.11. The van der Waals surface area contributed by atoms with Gasteiger partial charge in [-0.3, -0.25) is 0 Å². The molecular weight excluding hydrogens is 517 g/mol. The lowest BCUT2D eigenvalue weighted by Crippen LogP contribution is -2.17. The highest BCUT2D eigenvalue weighted by atomic mass is 35.9. The summed E-state index contributed by atoms with van der Waals surface area (Å²) >= 11 is 19.4. The van der Waals surface area contributed by atoms with Gasteiger partial charge in [-0.1, -0.05) is 12.8 Å². The summed E-state index contributed by atoms with van der Waals surface area (Å²) in [6.07, 6.45) is 3.98. The number of nitrogens with one attached hydrogen (secondary N) is 1. The maximum Gasteiger partial charge on any atom is 0.300 e. The van der Waals surface area contributed by atoms with Crippen LogP contribution in [-0.2, 0) is 23.3 Å². The molecule has 0 aromatic carbocycles. The zero-order valence-corrected chi connectivity index (χ0v) is 21.8. The summed E-state index contributed by atoms with van der Waals surface area (Å²) in [4.78, 5) is 0. The summed E-state index contributed by atoms with van der Waals surface area (Å²) in [6.45, 7) is 1.08. The molecule has 2 aliphatic heterocycles. The Labute approximate surface area is 193 Å². The van der Waals surface area contributed by atoms with Crippen molar-refractivity contribution in [3.63, 3.8) is 0 Å². The average Bonchev–Trinajstić information content (AvgIpc) is 2.66. The van der Waals surface area contributed by atoms with Gasteiger partial charge >= 0.3 is 6.78 Å². The molecule has 0 aliphatic carbocycles. The van der Waals surface area contributed by atoms with Crippen molar-refractivity contribution in [1.29, 1.82) is 0 Å². The van der Waals surface area contributed by atoms with Gasteiger partial charge in [0.05, 0.1) is 52.9 Å². The molecular formula is C14H31Cl3N5O5P3. The van der Waals surface area contributed by atoms with E-state index in [4.69, 9.17) is 62.7 Å². The van der Waals surface area contributed by atoms with Crippen molar-refractivity contribution in [2.75, 3.05) is 65.9 Å². The van der Waals surface area contributed by atoms with Gasteiger partial charge in [-0.15, -0.1) is 0 Å². The molecule has 0 saturated carbocycles. The van der Waals surface area contributed by atoms with Crippen molar-refractivity contribution < 1.29 is 23.3 Å². The third-order valence-corrected chi connectivity index (χ3v) is 14.9. The minimum Gasteiger partial charge on any atom is -0.377 e. The van der Waals surface area contributed by atoms with Gasteiger partial charge in [-0.25, -0.2) is 5.09 Å². The third-order valence-electron chi connectivity index (χ3n) is 3.85. The molecule has 2 rings (SSSR count). The van der Waals surface area contributed by atoms with E-state index in [0.29, 0.717) is 52.7 Å². The van der Waals surface area contributed by atoms with Gasteiger partial charge in [-0.05, 0) is 53.1 Å². The van der Waals surface area contributed by atoms with Crippen LogP contribution in [0.4, 0.5) is 0 Å². The van der Waals surface area contributed by atoms with Crippen LogP contribution in [0.25, 0.3) is 0 Å². The van der Waals surface area contributed by atoms with Gasteiger partial charge in [0, 0.05) is 6.54 Å².